The molecule has 5 heteroatoms. The third-order valence-corrected chi connectivity index (χ3v) is 5.47. The summed E-state index contributed by atoms with van der Waals surface area (Å²) in [6.07, 6.45) is 3.78. The van der Waals surface area contributed by atoms with Gasteiger partial charge in [-0.3, -0.25) is 9.20 Å². The number of nitrogens with zero attached hydrogens (tertiary/aromatic N) is 1. The van der Waals surface area contributed by atoms with Crippen LogP contribution in [0.15, 0.2) is 41.3 Å². The van der Waals surface area contributed by atoms with Crippen molar-refractivity contribution in [3.8, 4) is 11.1 Å². The van der Waals surface area contributed by atoms with Crippen LogP contribution in [0.25, 0.3) is 16.6 Å². The summed E-state index contributed by atoms with van der Waals surface area (Å²) < 4.78 is 1.50. The fraction of sp³-hybridized carbons (Fsp3) is 0.273. The smallest absolute Gasteiger partial charge is 0.341 e. The van der Waals surface area contributed by atoms with Crippen molar-refractivity contribution >= 4 is 17.2 Å². The molecule has 0 aliphatic heterocycles. The van der Waals surface area contributed by atoms with Gasteiger partial charge >= 0.3 is 5.97 Å². The highest BCUT2D eigenvalue weighted by Gasteiger charge is 2.29. The van der Waals surface area contributed by atoms with Gasteiger partial charge in [0.05, 0.1) is 5.52 Å². The van der Waals surface area contributed by atoms with Gasteiger partial charge in [-0.25, -0.2) is 4.79 Å². The van der Waals surface area contributed by atoms with Crippen molar-refractivity contribution < 1.29 is 9.90 Å². The molecular formula is C22H22N2O3. The van der Waals surface area contributed by atoms with Gasteiger partial charge in [0.25, 0.3) is 5.56 Å². The van der Waals surface area contributed by atoms with Gasteiger partial charge in [-0.05, 0) is 84.7 Å². The van der Waals surface area contributed by atoms with Crippen LogP contribution in [0.5, 0.6) is 0 Å². The summed E-state index contributed by atoms with van der Waals surface area (Å²) in [5.41, 5.74) is 6.57. The third kappa shape index (κ3) is 2.79. The number of hydrogen-bond donors (Lipinski definition) is 2. The lowest BCUT2D eigenvalue weighted by atomic mass is 9.95. The number of benzene rings is 1. The maximum atomic E-state index is 12.7. The second-order valence-electron chi connectivity index (χ2n) is 7.25. The molecule has 2 heterocycles. The molecule has 0 saturated heterocycles. The molecule has 3 aromatic rings. The molecule has 0 spiro atoms. The molecule has 1 aromatic carbocycles. The lowest BCUT2D eigenvalue weighted by Gasteiger charge is -2.16. The minimum absolute atomic E-state index is 0.157. The molecule has 0 atom stereocenters. The molecule has 0 bridgehead atoms. The zero-order valence-electron chi connectivity index (χ0n) is 15.7. The predicted molar refractivity (Wildman–Crippen MR) is 107 cm³/mol. The molecule has 0 amide bonds. The summed E-state index contributed by atoms with van der Waals surface area (Å²) in [5, 5.41) is 12.6. The standard InChI is InChI=1S/C22H22N2O3/c1-12-10-15(6-7-19(12)23-3)16-8-9-24-20(13(16)2)17(14-4-5-14)11-18(21(24)25)22(26)27/h6-11,14,23H,4-5H2,1-3H3,(H,26,27). The predicted octanol–water partition coefficient (Wildman–Crippen LogP) is 4.20. The van der Waals surface area contributed by atoms with Crippen molar-refractivity contribution in [2.75, 3.05) is 12.4 Å². The average molecular weight is 362 g/mol. The van der Waals surface area contributed by atoms with Crippen LogP contribution in [0.1, 0.15) is 45.8 Å². The molecule has 1 saturated carbocycles. The number of rotatable bonds is 4. The van der Waals surface area contributed by atoms with Crippen molar-refractivity contribution in [2.45, 2.75) is 32.6 Å². The first kappa shape index (κ1) is 17.3. The highest BCUT2D eigenvalue weighted by Crippen LogP contribution is 2.43. The first-order chi connectivity index (χ1) is 12.9. The van der Waals surface area contributed by atoms with Gasteiger partial charge in [-0.15, -0.1) is 0 Å². The Balaban J connectivity index is 2.01. The summed E-state index contributed by atoms with van der Waals surface area (Å²) in [6, 6.07) is 9.74. The first-order valence-corrected chi connectivity index (χ1v) is 9.13. The van der Waals surface area contributed by atoms with E-state index in [0.29, 0.717) is 5.92 Å². The number of anilines is 1. The molecule has 27 heavy (non-hydrogen) atoms. The van der Waals surface area contributed by atoms with E-state index in [1.165, 1.54) is 4.40 Å². The molecule has 138 valence electrons. The fourth-order valence-electron chi connectivity index (χ4n) is 3.88. The topological polar surface area (TPSA) is 70.8 Å². The maximum Gasteiger partial charge on any atom is 0.341 e. The van der Waals surface area contributed by atoms with Gasteiger partial charge in [0, 0.05) is 18.9 Å². The number of hydrogen-bond acceptors (Lipinski definition) is 3. The maximum absolute atomic E-state index is 12.7. The van der Waals surface area contributed by atoms with E-state index in [1.54, 1.807) is 12.3 Å². The lowest BCUT2D eigenvalue weighted by Crippen LogP contribution is -2.23. The lowest BCUT2D eigenvalue weighted by molar-refractivity contribution is 0.0694. The normalized spacial score (nSPS) is 13.7. The van der Waals surface area contributed by atoms with Gasteiger partial charge in [-0.2, -0.15) is 0 Å². The Bertz CT molecular complexity index is 1140. The second kappa shape index (κ2) is 6.27. The summed E-state index contributed by atoms with van der Waals surface area (Å²) in [7, 11) is 1.90. The van der Waals surface area contributed by atoms with Crippen LogP contribution in [-0.4, -0.2) is 22.5 Å². The largest absolute Gasteiger partial charge is 0.477 e. The average Bonchev–Trinajstić information content (AvgIpc) is 3.47. The highest BCUT2D eigenvalue weighted by molar-refractivity contribution is 5.89. The molecule has 2 aromatic heterocycles. The van der Waals surface area contributed by atoms with Crippen LogP contribution in [-0.2, 0) is 0 Å². The number of aromatic carboxylic acids is 1. The first-order valence-electron chi connectivity index (χ1n) is 9.13. The van der Waals surface area contributed by atoms with E-state index in [2.05, 4.69) is 30.4 Å². The van der Waals surface area contributed by atoms with Crippen LogP contribution in [0.3, 0.4) is 0 Å². The summed E-state index contributed by atoms with van der Waals surface area (Å²) >= 11 is 0. The van der Waals surface area contributed by atoms with Gasteiger partial charge in [0.15, 0.2) is 0 Å². The number of aryl methyl sites for hydroxylation is 2. The van der Waals surface area contributed by atoms with Crippen LogP contribution in [0, 0.1) is 13.8 Å². The molecule has 2 N–H and O–H groups in total. The number of pyridine rings is 2. The minimum Gasteiger partial charge on any atom is -0.477 e. The van der Waals surface area contributed by atoms with E-state index in [0.717, 1.165) is 51.9 Å². The quantitative estimate of drug-likeness (QED) is 0.730. The molecule has 4 rings (SSSR count). The van der Waals surface area contributed by atoms with Gasteiger partial charge in [0.1, 0.15) is 5.56 Å². The fourth-order valence-corrected chi connectivity index (χ4v) is 3.88. The van der Waals surface area contributed by atoms with E-state index >= 15 is 0 Å². The number of carboxylic acids is 1. The Morgan fingerprint density at radius 1 is 1.19 bits per heavy atom. The Kier molecular flexibility index (Phi) is 4.02. The van der Waals surface area contributed by atoms with Crippen molar-refractivity contribution in [2.24, 2.45) is 0 Å². The van der Waals surface area contributed by atoms with Gasteiger partial charge in [0.2, 0.25) is 0 Å². The Morgan fingerprint density at radius 2 is 1.93 bits per heavy atom. The zero-order chi connectivity index (χ0) is 19.3. The number of carbonyl (C=O) groups is 1. The van der Waals surface area contributed by atoms with Crippen LogP contribution in [0.2, 0.25) is 0 Å². The summed E-state index contributed by atoms with van der Waals surface area (Å²) in [5.74, 6) is -0.836. The zero-order valence-corrected chi connectivity index (χ0v) is 15.7. The van der Waals surface area contributed by atoms with Crippen molar-refractivity contribution in [1.82, 2.24) is 4.40 Å². The number of fused-ring (bicyclic) bond motifs is 1. The minimum atomic E-state index is -1.17. The van der Waals surface area contributed by atoms with Crippen LogP contribution in [0.4, 0.5) is 5.69 Å². The van der Waals surface area contributed by atoms with E-state index in [1.807, 2.05) is 20.0 Å². The van der Waals surface area contributed by atoms with Crippen LogP contribution >= 0.6 is 0 Å². The van der Waals surface area contributed by atoms with Gasteiger partial charge in [-0.1, -0.05) is 6.07 Å². The van der Waals surface area contributed by atoms with E-state index < -0.39 is 11.5 Å². The molecule has 1 aliphatic carbocycles. The number of carboxylic acid groups (broad SMARTS) is 1. The molecule has 1 aliphatic rings. The summed E-state index contributed by atoms with van der Waals surface area (Å²) in [4.78, 5) is 24.2. The Labute approximate surface area is 157 Å². The van der Waals surface area contributed by atoms with E-state index in [9.17, 15) is 14.7 Å². The SMILES string of the molecule is CNc1ccc(-c2ccn3c(=O)c(C(=O)O)cc(C4CC4)c3c2C)cc1C. The second-order valence-corrected chi connectivity index (χ2v) is 7.25. The number of nitrogens with one attached hydrogen (secondary N) is 1. The highest BCUT2D eigenvalue weighted by atomic mass is 16.4. The van der Waals surface area contributed by atoms with E-state index in [-0.39, 0.29) is 5.56 Å². The van der Waals surface area contributed by atoms with E-state index in [4.69, 9.17) is 0 Å². The molecule has 0 radical (unpaired) electrons. The molecule has 5 nitrogen and oxygen atoms in total. The summed E-state index contributed by atoms with van der Waals surface area (Å²) in [6.45, 7) is 4.07. The Hall–Kier alpha value is -3.08. The monoisotopic (exact) mass is 362 g/mol. The van der Waals surface area contributed by atoms with Crippen molar-refractivity contribution in [3.05, 3.63) is 69.1 Å². The third-order valence-electron chi connectivity index (χ3n) is 5.47. The molecule has 0 unspecified atom stereocenters. The Morgan fingerprint density at radius 3 is 2.52 bits per heavy atom. The molecular weight excluding hydrogens is 340 g/mol. The van der Waals surface area contributed by atoms with Crippen molar-refractivity contribution in [3.63, 3.8) is 0 Å². The molecule has 1 fully saturated rings. The van der Waals surface area contributed by atoms with Crippen LogP contribution < -0.4 is 10.9 Å². The number of aromatic nitrogens is 1. The van der Waals surface area contributed by atoms with Gasteiger partial charge < -0.3 is 10.4 Å². The van der Waals surface area contributed by atoms with Crippen molar-refractivity contribution in [1.29, 1.82) is 0 Å².